The number of para-hydroxylation sites is 1. The third kappa shape index (κ3) is 4.41. The minimum absolute atomic E-state index is 0.130. The average molecular weight is 350 g/mol. The van der Waals surface area contributed by atoms with Gasteiger partial charge in [0.15, 0.2) is 12.3 Å². The van der Waals surface area contributed by atoms with Crippen molar-refractivity contribution in [2.24, 2.45) is 0 Å². The zero-order chi connectivity index (χ0) is 18.0. The third-order valence-corrected chi connectivity index (χ3v) is 4.36. The van der Waals surface area contributed by atoms with Crippen LogP contribution in [-0.2, 0) is 12.0 Å². The van der Waals surface area contributed by atoms with Gasteiger partial charge < -0.3 is 0 Å². The lowest BCUT2D eigenvalue weighted by Gasteiger charge is -2.17. The number of hydrogen-bond donors (Lipinski definition) is 0. The van der Waals surface area contributed by atoms with Gasteiger partial charge in [-0.15, -0.1) is 10.2 Å². The molecule has 6 heteroatoms. The van der Waals surface area contributed by atoms with Crippen molar-refractivity contribution in [2.45, 2.75) is 32.7 Å². The molecule has 0 atom stereocenters. The second-order valence-corrected chi connectivity index (χ2v) is 6.93. The fourth-order valence-corrected chi connectivity index (χ4v) is 2.92. The maximum absolute atomic E-state index is 8.49. The largest absolute Gasteiger partial charge is 0.222 e. The normalized spacial score (nSPS) is 15.6. The van der Waals surface area contributed by atoms with Crippen molar-refractivity contribution in [2.75, 3.05) is 0 Å². The van der Waals surface area contributed by atoms with E-state index in [4.69, 9.17) is 18.6 Å². The summed E-state index contributed by atoms with van der Waals surface area (Å²) >= 11 is 0. The van der Waals surface area contributed by atoms with E-state index in [-0.39, 0.29) is 5.41 Å². The van der Waals surface area contributed by atoms with Crippen molar-refractivity contribution in [3.63, 3.8) is 0 Å². The maximum Gasteiger partial charge on any atom is 0.209 e. The molecule has 0 fully saturated rings. The van der Waals surface area contributed by atoms with E-state index in [0.29, 0.717) is 0 Å². The Bertz CT molecular complexity index is 730. The lowest BCUT2D eigenvalue weighted by Crippen LogP contribution is -2.68. The first-order chi connectivity index (χ1) is 11.1. The van der Waals surface area contributed by atoms with Gasteiger partial charge in [0, 0.05) is 24.1 Å². The van der Waals surface area contributed by atoms with Gasteiger partial charge in [-0.25, -0.2) is 18.6 Å². The zero-order valence-electron chi connectivity index (χ0n) is 13.9. The lowest BCUT2D eigenvalue weighted by atomic mass is 9.82. The van der Waals surface area contributed by atoms with Crippen LogP contribution in [0.3, 0.4) is 0 Å². The Balaban J connectivity index is 0.000000368. The molecule has 1 aliphatic heterocycles. The monoisotopic (exact) mass is 349 g/mol. The number of halogens is 1. The Morgan fingerprint density at radius 2 is 1.38 bits per heavy atom. The van der Waals surface area contributed by atoms with Crippen molar-refractivity contribution in [1.82, 2.24) is 0 Å². The van der Waals surface area contributed by atoms with E-state index in [1.807, 2.05) is 0 Å². The molecule has 2 aromatic carbocycles. The summed E-state index contributed by atoms with van der Waals surface area (Å²) in [6.45, 7) is 7.83. The van der Waals surface area contributed by atoms with E-state index in [9.17, 15) is 0 Å². The lowest BCUT2D eigenvalue weighted by molar-refractivity contribution is -2.00. The van der Waals surface area contributed by atoms with E-state index >= 15 is 0 Å². The van der Waals surface area contributed by atoms with Gasteiger partial charge in [0.25, 0.3) is 0 Å². The van der Waals surface area contributed by atoms with Crippen molar-refractivity contribution in [3.8, 4) is 0 Å². The molecular weight excluding hydrogens is 330 g/mol. The average Bonchev–Trinajstić information content (AvgIpc) is 2.69. The Kier molecular flexibility index (Phi) is 5.42. The van der Waals surface area contributed by atoms with Crippen molar-refractivity contribution in [1.29, 1.82) is 0 Å². The van der Waals surface area contributed by atoms with Crippen LogP contribution in [0.25, 0.3) is 0 Å². The quantitative estimate of drug-likeness (QED) is 0.685. The second-order valence-electron chi connectivity index (χ2n) is 6.18. The van der Waals surface area contributed by atoms with E-state index in [2.05, 4.69) is 79.9 Å². The standard InChI is InChI=1S/C18H20N.ClHO4/c1-14-18(2,3)16-11-7-8-12-17(16)19(14)13-15-9-5-4-6-10-15;2-1(3,4)5/h4-12H,13H2,1-3H3;(H,2,3,4,5)/q+1;/p-1. The van der Waals surface area contributed by atoms with Crippen LogP contribution in [-0.4, -0.2) is 10.3 Å². The van der Waals surface area contributed by atoms with Crippen LogP contribution >= 0.6 is 0 Å². The van der Waals surface area contributed by atoms with Gasteiger partial charge in [0.2, 0.25) is 5.69 Å². The molecule has 1 heterocycles. The van der Waals surface area contributed by atoms with Crippen LogP contribution < -0.4 is 18.6 Å². The fraction of sp³-hybridized carbons (Fsp3) is 0.278. The number of nitrogens with zero attached hydrogens (tertiary/aromatic N) is 1. The molecule has 0 saturated carbocycles. The molecule has 0 saturated heterocycles. The molecule has 0 spiro atoms. The van der Waals surface area contributed by atoms with Crippen LogP contribution in [0, 0.1) is 10.2 Å². The van der Waals surface area contributed by atoms with Crippen molar-refractivity contribution in [3.05, 3.63) is 65.7 Å². The summed E-state index contributed by atoms with van der Waals surface area (Å²) in [6.07, 6.45) is 0. The Labute approximate surface area is 143 Å². The number of hydrogen-bond acceptors (Lipinski definition) is 4. The molecule has 128 valence electrons. The smallest absolute Gasteiger partial charge is 0.209 e. The zero-order valence-corrected chi connectivity index (χ0v) is 14.6. The van der Waals surface area contributed by atoms with Gasteiger partial charge in [-0.2, -0.15) is 4.58 Å². The topological polar surface area (TPSA) is 95.2 Å². The first-order valence-electron chi connectivity index (χ1n) is 7.47. The SMILES string of the molecule is CC1=[N+](Cc2ccccc2)c2ccccc2C1(C)C.[O-][Cl+3]([O-])([O-])[O-]. The van der Waals surface area contributed by atoms with Gasteiger partial charge in [0.05, 0.1) is 5.41 Å². The highest BCUT2D eigenvalue weighted by Gasteiger charge is 2.42. The maximum atomic E-state index is 8.49. The molecule has 0 amide bonds. The summed E-state index contributed by atoms with van der Waals surface area (Å²) in [4.78, 5) is 0. The van der Waals surface area contributed by atoms with E-state index in [1.54, 1.807) is 0 Å². The predicted molar refractivity (Wildman–Crippen MR) is 80.2 cm³/mol. The third-order valence-electron chi connectivity index (χ3n) is 4.36. The summed E-state index contributed by atoms with van der Waals surface area (Å²) in [7, 11) is -4.94. The summed E-state index contributed by atoms with van der Waals surface area (Å²) in [5, 5.41) is 0. The van der Waals surface area contributed by atoms with Crippen molar-refractivity contribution >= 4 is 11.4 Å². The molecular formula is C18H20ClNO4. The Hall–Kier alpha value is -1.76. The molecule has 0 unspecified atom stereocenters. The van der Waals surface area contributed by atoms with Crippen molar-refractivity contribution < 1.29 is 33.5 Å². The summed E-state index contributed by atoms with van der Waals surface area (Å²) < 4.78 is 36.4. The van der Waals surface area contributed by atoms with Gasteiger partial charge in [-0.1, -0.05) is 48.5 Å². The summed E-state index contributed by atoms with van der Waals surface area (Å²) in [5.41, 5.74) is 5.70. The molecule has 0 radical (unpaired) electrons. The summed E-state index contributed by atoms with van der Waals surface area (Å²) in [5.74, 6) is 0. The highest BCUT2D eigenvalue weighted by atomic mass is 35.7. The van der Waals surface area contributed by atoms with Crippen LogP contribution in [0.1, 0.15) is 31.9 Å². The van der Waals surface area contributed by atoms with E-state index < -0.39 is 10.2 Å². The second kappa shape index (κ2) is 7.01. The van der Waals surface area contributed by atoms with Crippen LogP contribution in [0.15, 0.2) is 54.6 Å². The Morgan fingerprint density at radius 3 is 1.96 bits per heavy atom. The van der Waals surface area contributed by atoms with Crippen LogP contribution in [0.2, 0.25) is 0 Å². The first-order valence-corrected chi connectivity index (χ1v) is 8.71. The molecule has 0 N–H and O–H groups in total. The molecule has 0 bridgehead atoms. The molecule has 5 nitrogen and oxygen atoms in total. The minimum Gasteiger partial charge on any atom is -0.222 e. The predicted octanol–water partition coefficient (Wildman–Crippen LogP) is -0.473. The number of fused-ring (bicyclic) bond motifs is 1. The number of benzene rings is 2. The van der Waals surface area contributed by atoms with Crippen LogP contribution in [0.4, 0.5) is 5.69 Å². The fourth-order valence-electron chi connectivity index (χ4n) is 2.92. The van der Waals surface area contributed by atoms with Crippen LogP contribution in [0.5, 0.6) is 0 Å². The molecule has 1 aliphatic rings. The van der Waals surface area contributed by atoms with E-state index in [1.165, 1.54) is 22.5 Å². The highest BCUT2D eigenvalue weighted by Crippen LogP contribution is 2.39. The number of rotatable bonds is 2. The van der Waals surface area contributed by atoms with E-state index in [0.717, 1.165) is 6.54 Å². The Morgan fingerprint density at radius 1 is 0.875 bits per heavy atom. The minimum atomic E-state index is -4.94. The molecule has 0 aromatic heterocycles. The van der Waals surface area contributed by atoms with Gasteiger partial charge >= 0.3 is 0 Å². The summed E-state index contributed by atoms with van der Waals surface area (Å²) in [6, 6.07) is 19.4. The first kappa shape index (κ1) is 18.6. The van der Waals surface area contributed by atoms with Gasteiger partial charge in [-0.3, -0.25) is 0 Å². The van der Waals surface area contributed by atoms with Gasteiger partial charge in [-0.05, 0) is 13.8 Å². The van der Waals surface area contributed by atoms with Gasteiger partial charge in [0.1, 0.15) is 0 Å². The molecule has 3 rings (SSSR count). The molecule has 0 aliphatic carbocycles. The molecule has 2 aromatic rings. The highest BCUT2D eigenvalue weighted by molar-refractivity contribution is 5.93. The molecule has 24 heavy (non-hydrogen) atoms.